The molecule has 1 aromatic heterocycles. The molecule has 0 saturated heterocycles. The third kappa shape index (κ3) is 3.88. The second kappa shape index (κ2) is 7.61. The van der Waals surface area contributed by atoms with Crippen molar-refractivity contribution >= 4 is 15.9 Å². The van der Waals surface area contributed by atoms with Crippen LogP contribution in [0.3, 0.4) is 0 Å². The van der Waals surface area contributed by atoms with Crippen LogP contribution in [0.2, 0.25) is 0 Å². The zero-order valence-corrected chi connectivity index (χ0v) is 15.5. The van der Waals surface area contributed by atoms with Crippen LogP contribution >= 0.6 is 15.9 Å². The third-order valence-electron chi connectivity index (χ3n) is 4.07. The van der Waals surface area contributed by atoms with E-state index in [9.17, 15) is 14.7 Å². The van der Waals surface area contributed by atoms with Crippen molar-refractivity contribution in [2.75, 3.05) is 0 Å². The predicted molar refractivity (Wildman–Crippen MR) is 102 cm³/mol. The van der Waals surface area contributed by atoms with Crippen LogP contribution in [0, 0.1) is 0 Å². The Morgan fingerprint density at radius 2 is 1.85 bits per heavy atom. The minimum atomic E-state index is -0.752. The number of nitrogens with one attached hydrogen (secondary N) is 2. The van der Waals surface area contributed by atoms with Gasteiger partial charge in [-0.05, 0) is 23.8 Å². The molecule has 6 nitrogen and oxygen atoms in total. The molecule has 3 N–H and O–H groups in total. The summed E-state index contributed by atoms with van der Waals surface area (Å²) in [5.74, 6) is -0.353. The fraction of sp³-hybridized carbons (Fsp3) is 0.158. The zero-order valence-electron chi connectivity index (χ0n) is 14.0. The average Bonchev–Trinajstić information content (AvgIpc) is 2.60. The maximum atomic E-state index is 12.2. The van der Waals surface area contributed by atoms with Crippen molar-refractivity contribution in [3.8, 4) is 11.6 Å². The molecule has 0 bridgehead atoms. The van der Waals surface area contributed by atoms with Crippen LogP contribution in [0.4, 0.5) is 0 Å². The second-order valence-electron chi connectivity index (χ2n) is 5.85. The first-order valence-electron chi connectivity index (χ1n) is 7.97. The molecule has 26 heavy (non-hydrogen) atoms. The number of halogens is 1. The van der Waals surface area contributed by atoms with Crippen molar-refractivity contribution in [1.82, 2.24) is 9.97 Å². The molecule has 3 rings (SSSR count). The minimum Gasteiger partial charge on any atom is -0.494 e. The standard InChI is InChI=1S/C19H17BrN2O4/c1-11(16-17(23)21-19(25)22-18(16)24)14-9-13(20)7-8-15(14)26-10-12-5-3-2-4-6-12/h2-9,11H,10H2,1H3,(H3,21,22,23,24,25). The van der Waals surface area contributed by atoms with Crippen molar-refractivity contribution < 1.29 is 9.84 Å². The smallest absolute Gasteiger partial charge is 0.328 e. The number of H-pyrrole nitrogens is 2. The van der Waals surface area contributed by atoms with Gasteiger partial charge in [-0.2, -0.15) is 0 Å². The van der Waals surface area contributed by atoms with E-state index in [1.54, 1.807) is 13.0 Å². The number of rotatable bonds is 5. The topological polar surface area (TPSA) is 95.2 Å². The molecule has 1 heterocycles. The minimum absolute atomic E-state index is 0.0762. The molecule has 7 heteroatoms. The van der Waals surface area contributed by atoms with E-state index in [4.69, 9.17) is 4.74 Å². The number of benzene rings is 2. The van der Waals surface area contributed by atoms with Crippen molar-refractivity contribution in [3.63, 3.8) is 0 Å². The highest BCUT2D eigenvalue weighted by Gasteiger charge is 2.21. The fourth-order valence-electron chi connectivity index (χ4n) is 2.77. The van der Waals surface area contributed by atoms with Gasteiger partial charge in [-0.15, -0.1) is 0 Å². The van der Waals surface area contributed by atoms with E-state index in [0.29, 0.717) is 17.9 Å². The largest absolute Gasteiger partial charge is 0.494 e. The molecule has 0 spiro atoms. The van der Waals surface area contributed by atoms with E-state index in [1.807, 2.05) is 42.5 Å². The summed E-state index contributed by atoms with van der Waals surface area (Å²) < 4.78 is 6.75. The first kappa shape index (κ1) is 18.0. The number of ether oxygens (including phenoxy) is 1. The number of aromatic hydroxyl groups is 1. The summed E-state index contributed by atoms with van der Waals surface area (Å²) in [6.07, 6.45) is 0. The van der Waals surface area contributed by atoms with Crippen LogP contribution in [0.1, 0.15) is 29.5 Å². The molecule has 2 aromatic carbocycles. The Balaban J connectivity index is 1.98. The summed E-state index contributed by atoms with van der Waals surface area (Å²) in [6, 6.07) is 15.2. The quantitative estimate of drug-likeness (QED) is 0.594. The van der Waals surface area contributed by atoms with Gasteiger partial charge in [-0.3, -0.25) is 14.8 Å². The Morgan fingerprint density at radius 3 is 2.54 bits per heavy atom. The van der Waals surface area contributed by atoms with E-state index in [0.717, 1.165) is 10.0 Å². The van der Waals surface area contributed by atoms with E-state index >= 15 is 0 Å². The van der Waals surface area contributed by atoms with Crippen LogP contribution in [-0.4, -0.2) is 15.1 Å². The Morgan fingerprint density at radius 1 is 1.12 bits per heavy atom. The first-order valence-corrected chi connectivity index (χ1v) is 8.76. The molecule has 134 valence electrons. The number of hydrogen-bond acceptors (Lipinski definition) is 4. The van der Waals surface area contributed by atoms with Gasteiger partial charge in [-0.1, -0.05) is 53.2 Å². The lowest BCUT2D eigenvalue weighted by atomic mass is 9.94. The SMILES string of the molecule is CC(c1cc(Br)ccc1OCc1ccccc1)c1c(O)[nH]c(=O)[nH]c1=O. The van der Waals surface area contributed by atoms with Crippen molar-refractivity contribution in [2.24, 2.45) is 0 Å². The summed E-state index contributed by atoms with van der Waals surface area (Å²) in [5, 5.41) is 10.0. The highest BCUT2D eigenvalue weighted by Crippen LogP contribution is 2.35. The zero-order chi connectivity index (χ0) is 18.7. The highest BCUT2D eigenvalue weighted by molar-refractivity contribution is 9.10. The van der Waals surface area contributed by atoms with Crippen LogP contribution in [0.15, 0.2) is 62.6 Å². The summed E-state index contributed by atoms with van der Waals surface area (Å²) in [7, 11) is 0. The van der Waals surface area contributed by atoms with Gasteiger partial charge in [-0.25, -0.2) is 4.79 Å². The average molecular weight is 417 g/mol. The lowest BCUT2D eigenvalue weighted by Gasteiger charge is -2.18. The van der Waals surface area contributed by atoms with E-state index in [1.165, 1.54) is 0 Å². The highest BCUT2D eigenvalue weighted by atomic mass is 79.9. The summed E-state index contributed by atoms with van der Waals surface area (Å²) in [5.41, 5.74) is 0.417. The molecule has 0 amide bonds. The van der Waals surface area contributed by atoms with Crippen molar-refractivity contribution in [1.29, 1.82) is 0 Å². The van der Waals surface area contributed by atoms with Gasteiger partial charge in [0.15, 0.2) is 0 Å². The molecular weight excluding hydrogens is 400 g/mol. The molecule has 0 aliphatic carbocycles. The first-order chi connectivity index (χ1) is 12.5. The summed E-state index contributed by atoms with van der Waals surface area (Å²) in [4.78, 5) is 27.8. The molecule has 1 atom stereocenters. The third-order valence-corrected chi connectivity index (χ3v) is 4.56. The number of aromatic nitrogens is 2. The fourth-order valence-corrected chi connectivity index (χ4v) is 3.14. The lowest BCUT2D eigenvalue weighted by molar-refractivity contribution is 0.302. The Kier molecular flexibility index (Phi) is 5.27. The van der Waals surface area contributed by atoms with Crippen LogP contribution in [0.25, 0.3) is 0 Å². The summed E-state index contributed by atoms with van der Waals surface area (Å²) >= 11 is 3.42. The number of hydrogen-bond donors (Lipinski definition) is 3. The van der Waals surface area contributed by atoms with E-state index in [2.05, 4.69) is 25.9 Å². The van der Waals surface area contributed by atoms with Gasteiger partial charge in [0.05, 0.1) is 5.56 Å². The molecular formula is C19H17BrN2O4. The van der Waals surface area contributed by atoms with E-state index < -0.39 is 23.0 Å². The maximum Gasteiger partial charge on any atom is 0.328 e. The lowest BCUT2D eigenvalue weighted by Crippen LogP contribution is -2.26. The maximum absolute atomic E-state index is 12.2. The van der Waals surface area contributed by atoms with Crippen LogP contribution in [0.5, 0.6) is 11.6 Å². The number of aromatic amines is 2. The Bertz CT molecular complexity index is 1030. The molecule has 0 fully saturated rings. The molecule has 0 saturated carbocycles. The molecule has 1 unspecified atom stereocenters. The molecule has 0 radical (unpaired) electrons. The second-order valence-corrected chi connectivity index (χ2v) is 6.76. The molecule has 0 aliphatic heterocycles. The van der Waals surface area contributed by atoms with Crippen LogP contribution in [-0.2, 0) is 6.61 Å². The van der Waals surface area contributed by atoms with Gasteiger partial charge >= 0.3 is 5.69 Å². The van der Waals surface area contributed by atoms with Crippen molar-refractivity contribution in [2.45, 2.75) is 19.4 Å². The van der Waals surface area contributed by atoms with Crippen LogP contribution < -0.4 is 16.0 Å². The van der Waals surface area contributed by atoms with Gasteiger partial charge in [0.1, 0.15) is 12.4 Å². The Hall–Kier alpha value is -2.80. The van der Waals surface area contributed by atoms with Gasteiger partial charge < -0.3 is 9.84 Å². The summed E-state index contributed by atoms with van der Waals surface area (Å²) in [6.45, 7) is 2.13. The van der Waals surface area contributed by atoms with E-state index in [-0.39, 0.29) is 5.56 Å². The van der Waals surface area contributed by atoms with Gasteiger partial charge in [0.2, 0.25) is 5.88 Å². The normalized spacial score (nSPS) is 11.9. The Labute approximate surface area is 157 Å². The molecule has 3 aromatic rings. The van der Waals surface area contributed by atoms with Gasteiger partial charge in [0.25, 0.3) is 5.56 Å². The van der Waals surface area contributed by atoms with Gasteiger partial charge in [0, 0.05) is 16.0 Å². The predicted octanol–water partition coefficient (Wildman–Crippen LogP) is 3.26. The van der Waals surface area contributed by atoms with Crippen molar-refractivity contribution in [3.05, 3.63) is 90.5 Å². The monoisotopic (exact) mass is 416 g/mol. The molecule has 0 aliphatic rings.